The van der Waals surface area contributed by atoms with E-state index in [0.29, 0.717) is 5.67 Å². The fourth-order valence-corrected chi connectivity index (χ4v) is 13.7. The van der Waals surface area contributed by atoms with Crippen LogP contribution < -0.4 is 0 Å². The van der Waals surface area contributed by atoms with Crippen molar-refractivity contribution in [1.82, 2.24) is 0 Å². The predicted molar refractivity (Wildman–Crippen MR) is 51.6 cm³/mol. The molecule has 0 aliphatic carbocycles. The summed E-state index contributed by atoms with van der Waals surface area (Å²) < 4.78 is 0. The fourth-order valence-electron chi connectivity index (χ4n) is 0.370. The lowest BCUT2D eigenvalue weighted by molar-refractivity contribution is 1.42. The van der Waals surface area contributed by atoms with E-state index in [1.807, 2.05) is 6.92 Å². The average Bonchev–Trinajstić information content (AvgIpc) is 1.63. The molecule has 0 spiro atoms. The van der Waals surface area contributed by atoms with E-state index in [4.69, 9.17) is 44.3 Å². The molecule has 0 bridgehead atoms. The molecule has 0 heterocycles. The highest BCUT2D eigenvalue weighted by atomic mass is 35.7. The van der Waals surface area contributed by atoms with Gasteiger partial charge in [0.25, 0.3) is 6.69 Å². The molecular formula is C3H8Cl4Si2. The van der Waals surface area contributed by atoms with E-state index < -0.39 is 14.1 Å². The third-order valence-electron chi connectivity index (χ3n) is 0.970. The zero-order valence-electron chi connectivity index (χ0n) is 5.00. The van der Waals surface area contributed by atoms with Crippen molar-refractivity contribution in [1.29, 1.82) is 0 Å². The molecule has 0 aliphatic heterocycles. The van der Waals surface area contributed by atoms with Crippen molar-refractivity contribution in [3.05, 3.63) is 0 Å². The van der Waals surface area contributed by atoms with Crippen LogP contribution in [0.5, 0.6) is 0 Å². The minimum atomic E-state index is -2.00. The predicted octanol–water partition coefficient (Wildman–Crippen LogP) is 3.16. The van der Waals surface area contributed by atoms with Gasteiger partial charge in [0.05, 0.1) is 0 Å². The lowest BCUT2D eigenvalue weighted by Gasteiger charge is -2.12. The summed E-state index contributed by atoms with van der Waals surface area (Å²) in [6.45, 7) is -0.0290. The zero-order chi connectivity index (χ0) is 7.49. The van der Waals surface area contributed by atoms with E-state index in [9.17, 15) is 0 Å². The maximum absolute atomic E-state index is 5.89. The number of hydrogen-bond acceptors (Lipinski definition) is 0. The van der Waals surface area contributed by atoms with E-state index in [2.05, 4.69) is 0 Å². The molecule has 0 N–H and O–H groups in total. The summed E-state index contributed by atoms with van der Waals surface area (Å²) in [7, 11) is -1.57. The maximum atomic E-state index is 5.89. The Bertz CT molecular complexity index is 83.9. The van der Waals surface area contributed by atoms with Crippen molar-refractivity contribution < 1.29 is 0 Å². The summed E-state index contributed by atoms with van der Waals surface area (Å²) in [5, 5.41) is 0. The van der Waals surface area contributed by atoms with Crippen molar-refractivity contribution >= 4 is 58.4 Å². The smallest absolute Gasteiger partial charge is 0.151 e. The molecule has 0 rings (SSSR count). The van der Waals surface area contributed by atoms with Gasteiger partial charge in [0.2, 0.25) is 7.42 Å². The van der Waals surface area contributed by atoms with Crippen molar-refractivity contribution in [2.45, 2.75) is 18.6 Å². The molecule has 9 heavy (non-hydrogen) atoms. The normalized spacial score (nSPS) is 12.7. The third kappa shape index (κ3) is 6.01. The Labute approximate surface area is 76.9 Å². The first-order chi connectivity index (χ1) is 3.98. The highest BCUT2D eigenvalue weighted by Crippen LogP contribution is 2.27. The third-order valence-corrected chi connectivity index (χ3v) is 12.8. The van der Waals surface area contributed by atoms with E-state index in [1.165, 1.54) is 0 Å². The first-order valence-electron chi connectivity index (χ1n) is 2.64. The molecule has 0 unspecified atom stereocenters. The van der Waals surface area contributed by atoms with Crippen LogP contribution in [0.15, 0.2) is 0 Å². The van der Waals surface area contributed by atoms with E-state index in [1.54, 1.807) is 0 Å². The van der Waals surface area contributed by atoms with Gasteiger partial charge in [-0.3, -0.25) is 0 Å². The topological polar surface area (TPSA) is 0 Å². The van der Waals surface area contributed by atoms with Crippen LogP contribution in [0.1, 0.15) is 6.92 Å². The van der Waals surface area contributed by atoms with Gasteiger partial charge in [0.15, 0.2) is 0 Å². The standard InChI is InChI=1S/C3H8Cl4Si2/c1-2-9(6,7)3-8(4)5/h8H,2-3H2,1H3. The quantitative estimate of drug-likeness (QED) is 0.526. The lowest BCUT2D eigenvalue weighted by Crippen LogP contribution is -2.21. The van der Waals surface area contributed by atoms with Gasteiger partial charge in [-0.1, -0.05) is 6.92 Å². The van der Waals surface area contributed by atoms with Gasteiger partial charge < -0.3 is 0 Å². The SMILES string of the molecule is CC[Si](Cl)(Cl)C[SiH](Cl)Cl. The lowest BCUT2D eigenvalue weighted by atomic mass is 11.0. The largest absolute Gasteiger partial charge is 0.250 e. The summed E-state index contributed by atoms with van der Waals surface area (Å²) in [6, 6.07) is 0.832. The van der Waals surface area contributed by atoms with Crippen LogP contribution >= 0.6 is 44.3 Å². The average molecular weight is 242 g/mol. The van der Waals surface area contributed by atoms with Crippen molar-refractivity contribution in [3.8, 4) is 0 Å². The molecule has 0 aromatic rings. The molecule has 0 saturated heterocycles. The molecule has 0 saturated carbocycles. The van der Waals surface area contributed by atoms with E-state index in [0.717, 1.165) is 6.04 Å². The Morgan fingerprint density at radius 1 is 1.33 bits per heavy atom. The Morgan fingerprint density at radius 2 is 1.78 bits per heavy atom. The summed E-state index contributed by atoms with van der Waals surface area (Å²) in [5.74, 6) is 0. The second-order valence-corrected chi connectivity index (χ2v) is 15.4. The summed E-state index contributed by atoms with van der Waals surface area (Å²) in [5.41, 5.74) is 0.690. The van der Waals surface area contributed by atoms with Crippen LogP contribution in [0, 0.1) is 0 Å². The van der Waals surface area contributed by atoms with E-state index in [-0.39, 0.29) is 0 Å². The molecule has 0 fully saturated rings. The van der Waals surface area contributed by atoms with Crippen LogP contribution in [0.3, 0.4) is 0 Å². The van der Waals surface area contributed by atoms with Crippen molar-refractivity contribution in [2.24, 2.45) is 0 Å². The first kappa shape index (κ1) is 10.6. The Hall–Kier alpha value is 1.59. The Kier molecular flexibility index (Phi) is 5.26. The fraction of sp³-hybridized carbons (Fsp3) is 1.00. The van der Waals surface area contributed by atoms with Crippen LogP contribution in [-0.2, 0) is 0 Å². The van der Waals surface area contributed by atoms with Gasteiger partial charge >= 0.3 is 0 Å². The van der Waals surface area contributed by atoms with Crippen LogP contribution in [0.25, 0.3) is 0 Å². The van der Waals surface area contributed by atoms with Gasteiger partial charge in [-0.05, 0) is 11.7 Å². The van der Waals surface area contributed by atoms with Gasteiger partial charge in [-0.2, -0.15) is 22.2 Å². The second-order valence-electron chi connectivity index (χ2n) is 1.80. The summed E-state index contributed by atoms with van der Waals surface area (Å²) in [6.07, 6.45) is 0. The summed E-state index contributed by atoms with van der Waals surface area (Å²) >= 11 is 23.0. The molecule has 0 aliphatic rings. The Morgan fingerprint density at radius 3 is 1.89 bits per heavy atom. The van der Waals surface area contributed by atoms with Crippen LogP contribution in [-0.4, -0.2) is 14.1 Å². The minimum absolute atomic E-state index is 0.690. The molecule has 0 aromatic heterocycles. The molecule has 56 valence electrons. The van der Waals surface area contributed by atoms with Gasteiger partial charge in [0, 0.05) is 0 Å². The van der Waals surface area contributed by atoms with Gasteiger partial charge in [0.1, 0.15) is 0 Å². The first-order valence-corrected chi connectivity index (χ1v) is 11.4. The van der Waals surface area contributed by atoms with Crippen molar-refractivity contribution in [2.75, 3.05) is 0 Å². The minimum Gasteiger partial charge on any atom is -0.151 e. The van der Waals surface area contributed by atoms with Gasteiger partial charge in [-0.15, -0.1) is 22.2 Å². The molecule has 0 radical (unpaired) electrons. The van der Waals surface area contributed by atoms with E-state index >= 15 is 0 Å². The highest BCUT2D eigenvalue weighted by molar-refractivity contribution is 7.51. The maximum Gasteiger partial charge on any atom is 0.250 e. The van der Waals surface area contributed by atoms with Crippen LogP contribution in [0.4, 0.5) is 0 Å². The molecule has 6 heteroatoms. The second kappa shape index (κ2) is 4.47. The van der Waals surface area contributed by atoms with Gasteiger partial charge in [-0.25, -0.2) is 0 Å². The molecule has 0 nitrogen and oxygen atoms in total. The molecule has 0 atom stereocenters. The number of halogens is 4. The molecule has 0 amide bonds. The molecule has 0 aromatic carbocycles. The number of hydrogen-bond donors (Lipinski definition) is 0. The highest BCUT2D eigenvalue weighted by Gasteiger charge is 2.29. The van der Waals surface area contributed by atoms with Crippen molar-refractivity contribution in [3.63, 3.8) is 0 Å². The zero-order valence-corrected chi connectivity index (χ0v) is 10.2. The number of rotatable bonds is 3. The Balaban J connectivity index is 3.58. The monoisotopic (exact) mass is 240 g/mol. The van der Waals surface area contributed by atoms with Crippen LogP contribution in [0.2, 0.25) is 11.7 Å². The molecular weight excluding hydrogens is 234 g/mol. The summed E-state index contributed by atoms with van der Waals surface area (Å²) in [4.78, 5) is 0.